The summed E-state index contributed by atoms with van der Waals surface area (Å²) in [5.41, 5.74) is 10.8. The van der Waals surface area contributed by atoms with Gasteiger partial charge in [-0.15, -0.1) is 0 Å². The minimum absolute atomic E-state index is 0.0201. The highest BCUT2D eigenvalue weighted by Gasteiger charge is 2.35. The van der Waals surface area contributed by atoms with Crippen molar-refractivity contribution in [1.29, 1.82) is 0 Å². The molecule has 1 nitrogen and oxygen atoms in total. The van der Waals surface area contributed by atoms with E-state index in [0.717, 1.165) is 0 Å². The molecule has 0 spiro atoms. The van der Waals surface area contributed by atoms with Crippen LogP contribution >= 0.6 is 0 Å². The molecule has 158 valence electrons. The molecule has 0 radical (unpaired) electrons. The predicted octanol–water partition coefficient (Wildman–Crippen LogP) is 8.52. The first-order valence-electron chi connectivity index (χ1n) is 11.6. The van der Waals surface area contributed by atoms with Crippen molar-refractivity contribution in [3.05, 3.63) is 96.1 Å². The zero-order valence-corrected chi connectivity index (χ0v) is 19.5. The van der Waals surface area contributed by atoms with Gasteiger partial charge in [-0.1, -0.05) is 74.5 Å². The second kappa shape index (κ2) is 6.36. The summed E-state index contributed by atoms with van der Waals surface area (Å²) in [4.78, 5) is 0. The fourth-order valence-corrected chi connectivity index (χ4v) is 5.76. The minimum atomic E-state index is 0.0201. The van der Waals surface area contributed by atoms with Gasteiger partial charge < -0.3 is 4.57 Å². The summed E-state index contributed by atoms with van der Waals surface area (Å²) in [6.07, 6.45) is 0. The van der Waals surface area contributed by atoms with Gasteiger partial charge in [-0.05, 0) is 78.4 Å². The van der Waals surface area contributed by atoms with Crippen molar-refractivity contribution in [2.24, 2.45) is 0 Å². The lowest BCUT2D eigenvalue weighted by Crippen LogP contribution is -2.21. The van der Waals surface area contributed by atoms with Gasteiger partial charge in [0.1, 0.15) is 0 Å². The molecule has 0 fully saturated rings. The lowest BCUT2D eigenvalue weighted by atomic mass is 9.81. The molecule has 0 saturated carbocycles. The van der Waals surface area contributed by atoms with Crippen molar-refractivity contribution >= 4 is 21.8 Å². The van der Waals surface area contributed by atoms with Crippen LogP contribution in [0.2, 0.25) is 0 Å². The monoisotopic (exact) mass is 415 g/mol. The highest BCUT2D eigenvalue weighted by Crippen LogP contribution is 2.49. The first-order chi connectivity index (χ1) is 15.3. The molecule has 0 aliphatic heterocycles. The van der Waals surface area contributed by atoms with Gasteiger partial charge in [-0.25, -0.2) is 0 Å². The maximum atomic E-state index is 2.48. The molecule has 0 amide bonds. The highest BCUT2D eigenvalue weighted by atomic mass is 15.0. The van der Waals surface area contributed by atoms with Gasteiger partial charge in [0.15, 0.2) is 0 Å². The van der Waals surface area contributed by atoms with E-state index in [1.54, 1.807) is 0 Å². The van der Waals surface area contributed by atoms with Gasteiger partial charge in [0.25, 0.3) is 0 Å². The number of para-hydroxylation sites is 1. The molecule has 1 aliphatic carbocycles. The maximum absolute atomic E-state index is 2.48. The highest BCUT2D eigenvalue weighted by molar-refractivity contribution is 6.09. The number of aromatic nitrogens is 1. The van der Waals surface area contributed by atoms with E-state index in [-0.39, 0.29) is 11.0 Å². The second-order valence-electron chi connectivity index (χ2n) is 10.7. The number of benzene rings is 4. The van der Waals surface area contributed by atoms with Gasteiger partial charge in [0.05, 0.1) is 0 Å². The third kappa shape index (κ3) is 2.57. The Balaban J connectivity index is 1.57. The number of rotatable bonds is 1. The first-order valence-corrected chi connectivity index (χ1v) is 11.6. The lowest BCUT2D eigenvalue weighted by Gasteiger charge is -2.24. The molecule has 1 aliphatic rings. The molecule has 5 aromatic rings. The Morgan fingerprint density at radius 3 is 2.03 bits per heavy atom. The Morgan fingerprint density at radius 2 is 1.22 bits per heavy atom. The SMILES string of the molecule is CC1(C)c2ccccc2-c2ccc(-c3ccc4c(c3)c3ccccc3n4C(C)(C)C)cc21. The van der Waals surface area contributed by atoms with Crippen molar-refractivity contribution in [3.63, 3.8) is 0 Å². The van der Waals surface area contributed by atoms with E-state index in [0.29, 0.717) is 0 Å². The molecule has 0 bridgehead atoms. The Kier molecular flexibility index (Phi) is 3.85. The van der Waals surface area contributed by atoms with Crippen LogP contribution in [0.25, 0.3) is 44.1 Å². The summed E-state index contributed by atoms with van der Waals surface area (Å²) in [6, 6.07) is 31.7. The first kappa shape index (κ1) is 19.4. The largest absolute Gasteiger partial charge is 0.335 e. The van der Waals surface area contributed by atoms with E-state index in [1.165, 1.54) is 55.2 Å². The molecule has 0 atom stereocenters. The minimum Gasteiger partial charge on any atom is -0.335 e. The normalized spacial score (nSPS) is 14.7. The van der Waals surface area contributed by atoms with Crippen molar-refractivity contribution in [1.82, 2.24) is 4.57 Å². The zero-order valence-electron chi connectivity index (χ0n) is 19.5. The van der Waals surface area contributed by atoms with Crippen LogP contribution in [0.1, 0.15) is 45.7 Å². The second-order valence-corrected chi connectivity index (χ2v) is 10.7. The molecule has 0 unspecified atom stereocenters. The van der Waals surface area contributed by atoms with E-state index in [2.05, 4.69) is 124 Å². The lowest BCUT2D eigenvalue weighted by molar-refractivity contribution is 0.423. The fourth-order valence-electron chi connectivity index (χ4n) is 5.76. The molecular weight excluding hydrogens is 386 g/mol. The average molecular weight is 416 g/mol. The van der Waals surface area contributed by atoms with Crippen LogP contribution in [0.3, 0.4) is 0 Å². The number of nitrogens with zero attached hydrogens (tertiary/aromatic N) is 1. The van der Waals surface area contributed by atoms with Crippen molar-refractivity contribution in [2.45, 2.75) is 45.6 Å². The van der Waals surface area contributed by atoms with Crippen LogP contribution in [-0.2, 0) is 11.0 Å². The molecular formula is C31H29N. The zero-order chi connectivity index (χ0) is 22.3. The summed E-state index contributed by atoms with van der Waals surface area (Å²) in [5, 5.41) is 2.66. The summed E-state index contributed by atoms with van der Waals surface area (Å²) < 4.78 is 2.48. The van der Waals surface area contributed by atoms with E-state index < -0.39 is 0 Å². The molecule has 1 aromatic heterocycles. The van der Waals surface area contributed by atoms with Crippen molar-refractivity contribution in [2.75, 3.05) is 0 Å². The maximum Gasteiger partial charge on any atom is 0.0496 e. The van der Waals surface area contributed by atoms with Crippen molar-refractivity contribution < 1.29 is 0 Å². The number of hydrogen-bond acceptors (Lipinski definition) is 0. The van der Waals surface area contributed by atoms with Crippen LogP contribution < -0.4 is 0 Å². The van der Waals surface area contributed by atoms with E-state index in [4.69, 9.17) is 0 Å². The van der Waals surface area contributed by atoms with Gasteiger partial charge in [0, 0.05) is 32.8 Å². The summed E-state index contributed by atoms with van der Waals surface area (Å²) in [6.45, 7) is 11.6. The molecule has 4 aromatic carbocycles. The molecule has 0 saturated heterocycles. The quantitative estimate of drug-likeness (QED) is 0.258. The predicted molar refractivity (Wildman–Crippen MR) is 137 cm³/mol. The Hall–Kier alpha value is -3.32. The van der Waals surface area contributed by atoms with Crippen LogP contribution in [-0.4, -0.2) is 4.57 Å². The van der Waals surface area contributed by atoms with E-state index in [1.807, 2.05) is 0 Å². The van der Waals surface area contributed by atoms with Gasteiger partial charge >= 0.3 is 0 Å². The third-order valence-corrected chi connectivity index (χ3v) is 7.26. The van der Waals surface area contributed by atoms with E-state index in [9.17, 15) is 0 Å². The number of hydrogen-bond donors (Lipinski definition) is 0. The van der Waals surface area contributed by atoms with Gasteiger partial charge in [-0.3, -0.25) is 0 Å². The van der Waals surface area contributed by atoms with Crippen LogP contribution in [0, 0.1) is 0 Å². The smallest absolute Gasteiger partial charge is 0.0496 e. The van der Waals surface area contributed by atoms with Crippen LogP contribution in [0.4, 0.5) is 0 Å². The standard InChI is InChI=1S/C31H29N/c1-30(2,3)32-28-13-9-7-11-24(28)25-18-20(15-17-29(25)32)21-14-16-23-22-10-6-8-12-26(22)31(4,5)27(23)19-21/h6-19H,1-5H3. The topological polar surface area (TPSA) is 4.93 Å². The summed E-state index contributed by atoms with van der Waals surface area (Å²) in [5.74, 6) is 0. The van der Waals surface area contributed by atoms with Crippen LogP contribution in [0.15, 0.2) is 84.9 Å². The molecule has 0 N–H and O–H groups in total. The Bertz CT molecular complexity index is 1520. The molecule has 1 heteroatoms. The molecule has 1 heterocycles. The third-order valence-electron chi connectivity index (χ3n) is 7.26. The Labute approximate surface area is 190 Å². The molecule has 32 heavy (non-hydrogen) atoms. The van der Waals surface area contributed by atoms with E-state index >= 15 is 0 Å². The Morgan fingerprint density at radius 1 is 0.594 bits per heavy atom. The van der Waals surface area contributed by atoms with Gasteiger partial charge in [-0.2, -0.15) is 0 Å². The summed E-state index contributed by atoms with van der Waals surface area (Å²) in [7, 11) is 0. The van der Waals surface area contributed by atoms with Gasteiger partial charge in [0.2, 0.25) is 0 Å². The van der Waals surface area contributed by atoms with Crippen LogP contribution in [0.5, 0.6) is 0 Å². The van der Waals surface area contributed by atoms with Crippen molar-refractivity contribution in [3.8, 4) is 22.3 Å². The average Bonchev–Trinajstić information content (AvgIpc) is 3.23. The number of fused-ring (bicyclic) bond motifs is 6. The summed E-state index contributed by atoms with van der Waals surface area (Å²) >= 11 is 0. The fraction of sp³-hybridized carbons (Fsp3) is 0.226. The molecule has 6 rings (SSSR count).